The van der Waals surface area contributed by atoms with E-state index in [1.165, 1.54) is 7.11 Å². The average molecular weight is 227 g/mol. The van der Waals surface area contributed by atoms with Gasteiger partial charge in [-0.1, -0.05) is 11.6 Å². The van der Waals surface area contributed by atoms with Gasteiger partial charge in [-0.05, 0) is 6.07 Å². The molecule has 0 unspecified atom stereocenters. The van der Waals surface area contributed by atoms with Crippen LogP contribution < -0.4 is 10.5 Å². The number of hydrogen-bond donors (Lipinski definition) is 1. The molecule has 0 radical (unpaired) electrons. The average Bonchev–Trinajstić information content (AvgIpc) is 2.06. The van der Waals surface area contributed by atoms with Crippen LogP contribution >= 0.6 is 11.6 Å². The van der Waals surface area contributed by atoms with E-state index in [1.54, 1.807) is 0 Å². The number of nitrogen functional groups attached to an aromatic ring is 1. The minimum Gasteiger partial charge on any atom is -0.480 e. The van der Waals surface area contributed by atoms with Crippen molar-refractivity contribution >= 4 is 17.4 Å². The molecule has 1 aromatic heterocycles. The number of pyridine rings is 1. The Bertz CT molecular complexity index is 354. The minimum atomic E-state index is -4.56. The summed E-state index contributed by atoms with van der Waals surface area (Å²) < 4.78 is 41.3. The zero-order valence-corrected chi connectivity index (χ0v) is 7.78. The second kappa shape index (κ2) is 3.53. The van der Waals surface area contributed by atoms with Crippen LogP contribution in [0, 0.1) is 0 Å². The summed E-state index contributed by atoms with van der Waals surface area (Å²) in [6, 6.07) is 0.683. The Hall–Kier alpha value is -1.17. The van der Waals surface area contributed by atoms with Gasteiger partial charge >= 0.3 is 6.18 Å². The highest BCUT2D eigenvalue weighted by molar-refractivity contribution is 6.32. The summed E-state index contributed by atoms with van der Waals surface area (Å²) in [5.74, 6) is -0.782. The lowest BCUT2D eigenvalue weighted by Gasteiger charge is -2.11. The highest BCUT2D eigenvalue weighted by atomic mass is 35.5. The lowest BCUT2D eigenvalue weighted by atomic mass is 10.2. The standard InChI is InChI=1S/C7H6ClF3N2O/c1-14-6-4(8)2-3(5(12)13-6)7(9,10)11/h2H,1H3,(H2,12,13). The van der Waals surface area contributed by atoms with Crippen molar-refractivity contribution in [1.82, 2.24) is 4.98 Å². The van der Waals surface area contributed by atoms with Crippen molar-refractivity contribution < 1.29 is 17.9 Å². The maximum Gasteiger partial charge on any atom is 0.419 e. The van der Waals surface area contributed by atoms with Crippen molar-refractivity contribution in [2.24, 2.45) is 0 Å². The number of halogens is 4. The smallest absolute Gasteiger partial charge is 0.419 e. The molecule has 0 aliphatic heterocycles. The van der Waals surface area contributed by atoms with Crippen molar-refractivity contribution in [3.8, 4) is 5.88 Å². The van der Waals surface area contributed by atoms with Gasteiger partial charge in [0, 0.05) is 0 Å². The Balaban J connectivity index is 3.29. The van der Waals surface area contributed by atoms with Crippen LogP contribution in [0.4, 0.5) is 19.0 Å². The number of hydrogen-bond acceptors (Lipinski definition) is 3. The fraction of sp³-hybridized carbons (Fsp3) is 0.286. The first-order chi connectivity index (χ1) is 6.36. The number of aromatic nitrogens is 1. The minimum absolute atomic E-state index is 0.128. The Labute approximate surface area is 82.6 Å². The SMILES string of the molecule is COc1nc(N)c(C(F)(F)F)cc1Cl. The zero-order valence-electron chi connectivity index (χ0n) is 7.02. The monoisotopic (exact) mass is 226 g/mol. The summed E-state index contributed by atoms with van der Waals surface area (Å²) in [4.78, 5) is 3.36. The Morgan fingerprint density at radius 2 is 2.07 bits per heavy atom. The van der Waals surface area contributed by atoms with Gasteiger partial charge in [-0.25, -0.2) is 0 Å². The van der Waals surface area contributed by atoms with E-state index in [0.717, 1.165) is 0 Å². The molecule has 0 atom stereocenters. The molecule has 0 aromatic carbocycles. The van der Waals surface area contributed by atoms with Crippen LogP contribution in [-0.2, 0) is 6.18 Å². The fourth-order valence-corrected chi connectivity index (χ4v) is 1.08. The molecule has 0 spiro atoms. The maximum absolute atomic E-state index is 12.2. The molecule has 1 rings (SSSR count). The third-order valence-electron chi connectivity index (χ3n) is 1.47. The first-order valence-electron chi connectivity index (χ1n) is 3.43. The Morgan fingerprint density at radius 3 is 2.50 bits per heavy atom. The molecular formula is C7H6ClF3N2O. The number of ether oxygens (including phenoxy) is 1. The summed E-state index contributed by atoms with van der Waals surface area (Å²) in [5, 5.41) is -0.228. The van der Waals surface area contributed by atoms with E-state index >= 15 is 0 Å². The van der Waals surface area contributed by atoms with Gasteiger partial charge in [-0.2, -0.15) is 18.2 Å². The molecular weight excluding hydrogens is 221 g/mol. The van der Waals surface area contributed by atoms with Crippen LogP contribution in [0.5, 0.6) is 5.88 Å². The van der Waals surface area contributed by atoms with E-state index in [0.29, 0.717) is 6.07 Å². The largest absolute Gasteiger partial charge is 0.480 e. The van der Waals surface area contributed by atoms with Crippen LogP contribution in [0.25, 0.3) is 0 Å². The fourth-order valence-electron chi connectivity index (χ4n) is 0.856. The van der Waals surface area contributed by atoms with E-state index in [1.807, 2.05) is 0 Å². The second-order valence-corrected chi connectivity index (χ2v) is 2.82. The van der Waals surface area contributed by atoms with Gasteiger partial charge < -0.3 is 10.5 Å². The molecule has 0 aliphatic rings. The third-order valence-corrected chi connectivity index (χ3v) is 1.74. The van der Waals surface area contributed by atoms with Crippen LogP contribution in [-0.4, -0.2) is 12.1 Å². The van der Waals surface area contributed by atoms with E-state index in [4.69, 9.17) is 17.3 Å². The third kappa shape index (κ3) is 2.01. The Morgan fingerprint density at radius 1 is 1.50 bits per heavy atom. The van der Waals surface area contributed by atoms with Crippen molar-refractivity contribution in [2.75, 3.05) is 12.8 Å². The topological polar surface area (TPSA) is 48.1 Å². The summed E-state index contributed by atoms with van der Waals surface area (Å²) in [7, 11) is 1.24. The number of rotatable bonds is 1. The van der Waals surface area contributed by atoms with E-state index in [-0.39, 0.29) is 10.9 Å². The van der Waals surface area contributed by atoms with Gasteiger partial charge in [-0.3, -0.25) is 0 Å². The van der Waals surface area contributed by atoms with E-state index in [9.17, 15) is 13.2 Å². The van der Waals surface area contributed by atoms with Gasteiger partial charge in [0.25, 0.3) is 0 Å². The van der Waals surface area contributed by atoms with E-state index in [2.05, 4.69) is 9.72 Å². The van der Waals surface area contributed by atoms with Gasteiger partial charge in [0.1, 0.15) is 10.8 Å². The lowest BCUT2D eigenvalue weighted by molar-refractivity contribution is -0.137. The summed E-state index contributed by atoms with van der Waals surface area (Å²) in [6.45, 7) is 0. The lowest BCUT2D eigenvalue weighted by Crippen LogP contribution is -2.11. The number of alkyl halides is 3. The number of anilines is 1. The predicted molar refractivity (Wildman–Crippen MR) is 45.2 cm³/mol. The van der Waals surface area contributed by atoms with Crippen molar-refractivity contribution in [3.05, 3.63) is 16.7 Å². The summed E-state index contributed by atoms with van der Waals surface area (Å²) in [5.41, 5.74) is 4.02. The molecule has 1 heterocycles. The van der Waals surface area contributed by atoms with Crippen LogP contribution in [0.3, 0.4) is 0 Å². The van der Waals surface area contributed by atoms with Crippen molar-refractivity contribution in [2.45, 2.75) is 6.18 Å². The van der Waals surface area contributed by atoms with Crippen molar-refractivity contribution in [1.29, 1.82) is 0 Å². The van der Waals surface area contributed by atoms with Gasteiger partial charge in [0.05, 0.1) is 12.7 Å². The zero-order chi connectivity index (χ0) is 10.9. The maximum atomic E-state index is 12.2. The molecule has 1 aromatic rings. The molecule has 0 aliphatic carbocycles. The first-order valence-corrected chi connectivity index (χ1v) is 3.81. The Kier molecular flexibility index (Phi) is 2.75. The van der Waals surface area contributed by atoms with Crippen LogP contribution in [0.1, 0.15) is 5.56 Å². The molecule has 0 saturated carbocycles. The number of methoxy groups -OCH3 is 1. The van der Waals surface area contributed by atoms with Gasteiger partial charge in [0.15, 0.2) is 0 Å². The predicted octanol–water partition coefficient (Wildman–Crippen LogP) is 2.34. The first kappa shape index (κ1) is 10.9. The van der Waals surface area contributed by atoms with E-state index < -0.39 is 17.6 Å². The highest BCUT2D eigenvalue weighted by Gasteiger charge is 2.34. The molecule has 0 saturated heterocycles. The number of nitrogens with zero attached hydrogens (tertiary/aromatic N) is 1. The highest BCUT2D eigenvalue weighted by Crippen LogP contribution is 2.36. The molecule has 3 nitrogen and oxygen atoms in total. The molecule has 7 heteroatoms. The van der Waals surface area contributed by atoms with Crippen LogP contribution in [0.15, 0.2) is 6.07 Å². The number of nitrogens with two attached hydrogens (primary N) is 1. The molecule has 2 N–H and O–H groups in total. The van der Waals surface area contributed by atoms with Gasteiger partial charge in [0.2, 0.25) is 5.88 Å². The molecule has 78 valence electrons. The van der Waals surface area contributed by atoms with Crippen molar-refractivity contribution in [3.63, 3.8) is 0 Å². The van der Waals surface area contributed by atoms with Gasteiger partial charge in [-0.15, -0.1) is 0 Å². The quantitative estimate of drug-likeness (QED) is 0.800. The molecule has 0 fully saturated rings. The molecule has 0 bridgehead atoms. The molecule has 14 heavy (non-hydrogen) atoms. The normalized spacial score (nSPS) is 11.5. The molecule has 0 amide bonds. The summed E-state index contributed by atoms with van der Waals surface area (Å²) in [6.07, 6.45) is -4.56. The van der Waals surface area contributed by atoms with Crippen LogP contribution in [0.2, 0.25) is 5.02 Å². The summed E-state index contributed by atoms with van der Waals surface area (Å²) >= 11 is 5.46. The second-order valence-electron chi connectivity index (χ2n) is 2.41.